The molecule has 2 saturated heterocycles. The van der Waals surface area contributed by atoms with Crippen LogP contribution in [0.1, 0.15) is 40.0 Å². The van der Waals surface area contributed by atoms with E-state index in [-0.39, 0.29) is 5.79 Å². The molecule has 2 fully saturated rings. The summed E-state index contributed by atoms with van der Waals surface area (Å²) in [5.74, 6) is 3.61. The quantitative estimate of drug-likeness (QED) is 0.761. The van der Waals surface area contributed by atoms with E-state index in [1.165, 1.54) is 30.8 Å². The van der Waals surface area contributed by atoms with E-state index in [9.17, 15) is 0 Å². The van der Waals surface area contributed by atoms with Crippen LogP contribution >= 0.6 is 23.5 Å². The lowest BCUT2D eigenvalue weighted by molar-refractivity contribution is -0.180. The Balaban J connectivity index is 1.74. The Morgan fingerprint density at radius 3 is 2.39 bits per heavy atom. The monoisotopic (exact) mass is 290 g/mol. The molecule has 0 saturated carbocycles. The number of ether oxygens (including phenoxy) is 2. The molecule has 106 valence electrons. The van der Waals surface area contributed by atoms with Gasteiger partial charge in [-0.3, -0.25) is 0 Å². The van der Waals surface area contributed by atoms with Crippen molar-refractivity contribution in [1.29, 1.82) is 0 Å². The molecule has 0 aromatic rings. The van der Waals surface area contributed by atoms with E-state index in [0.29, 0.717) is 5.92 Å². The van der Waals surface area contributed by atoms with Gasteiger partial charge in [-0.15, -0.1) is 23.5 Å². The van der Waals surface area contributed by atoms with Gasteiger partial charge in [0.2, 0.25) is 0 Å². The minimum Gasteiger partial charge on any atom is -0.348 e. The van der Waals surface area contributed by atoms with E-state index in [1.807, 2.05) is 0 Å². The number of rotatable bonds is 5. The lowest BCUT2D eigenvalue weighted by atomic mass is 9.90. The highest BCUT2D eigenvalue weighted by Crippen LogP contribution is 2.38. The van der Waals surface area contributed by atoms with Crippen molar-refractivity contribution in [2.75, 3.05) is 24.7 Å². The van der Waals surface area contributed by atoms with E-state index < -0.39 is 0 Å². The molecule has 0 aromatic carbocycles. The van der Waals surface area contributed by atoms with Crippen molar-refractivity contribution >= 4 is 23.5 Å². The highest BCUT2D eigenvalue weighted by Gasteiger charge is 2.37. The summed E-state index contributed by atoms with van der Waals surface area (Å²) in [4.78, 5) is 0. The van der Waals surface area contributed by atoms with Gasteiger partial charge in [0.15, 0.2) is 5.79 Å². The van der Waals surface area contributed by atoms with Crippen LogP contribution < -0.4 is 0 Å². The van der Waals surface area contributed by atoms with Gasteiger partial charge in [0, 0.05) is 5.92 Å². The topological polar surface area (TPSA) is 18.5 Å². The zero-order chi connectivity index (χ0) is 13.0. The van der Waals surface area contributed by atoms with E-state index in [1.54, 1.807) is 0 Å². The van der Waals surface area contributed by atoms with E-state index in [0.717, 1.165) is 23.7 Å². The Hall–Kier alpha value is 0.620. The number of hydrogen-bond donors (Lipinski definition) is 0. The van der Waals surface area contributed by atoms with Crippen LogP contribution in [0.2, 0.25) is 0 Å². The second-order valence-corrected chi connectivity index (χ2v) is 8.63. The molecule has 18 heavy (non-hydrogen) atoms. The van der Waals surface area contributed by atoms with E-state index in [2.05, 4.69) is 44.3 Å². The van der Waals surface area contributed by atoms with Crippen molar-refractivity contribution in [2.24, 2.45) is 11.8 Å². The highest BCUT2D eigenvalue weighted by molar-refractivity contribution is 8.17. The Labute approximate surface area is 120 Å². The molecular formula is C14H26O2S2. The molecule has 2 rings (SSSR count). The predicted octanol–water partition coefficient (Wildman–Crippen LogP) is 4.00. The summed E-state index contributed by atoms with van der Waals surface area (Å²) in [6, 6.07) is 0. The maximum absolute atomic E-state index is 5.76. The fraction of sp³-hybridized carbons (Fsp3) is 1.00. The minimum absolute atomic E-state index is 0.332. The lowest BCUT2D eigenvalue weighted by Crippen LogP contribution is -2.35. The SMILES string of the molecule is C[C@H](CC1SCCCS1)C[C@@H](C)C1(C)OCCO1. The van der Waals surface area contributed by atoms with Crippen LogP contribution in [0.3, 0.4) is 0 Å². The van der Waals surface area contributed by atoms with Crippen LogP contribution in [0.5, 0.6) is 0 Å². The van der Waals surface area contributed by atoms with Crippen LogP contribution in [0.4, 0.5) is 0 Å². The standard InChI is InChI=1S/C14H26O2S2/c1-11(10-13-17-7-4-8-18-13)9-12(2)14(3)15-5-6-16-14/h11-13H,4-10H2,1-3H3/t11-,12+/m0/s1. The summed E-state index contributed by atoms with van der Waals surface area (Å²) in [5, 5.41) is 0. The summed E-state index contributed by atoms with van der Waals surface area (Å²) in [6.07, 6.45) is 3.92. The second kappa shape index (κ2) is 6.87. The number of hydrogen-bond acceptors (Lipinski definition) is 4. The van der Waals surface area contributed by atoms with Gasteiger partial charge in [-0.2, -0.15) is 0 Å². The number of thioether (sulfide) groups is 2. The van der Waals surface area contributed by atoms with Crippen LogP contribution in [-0.4, -0.2) is 35.1 Å². The Kier molecular flexibility index (Phi) is 5.73. The van der Waals surface area contributed by atoms with Crippen molar-refractivity contribution in [3.63, 3.8) is 0 Å². The molecule has 0 amide bonds. The van der Waals surface area contributed by atoms with Gasteiger partial charge in [0.05, 0.1) is 17.8 Å². The molecule has 2 atom stereocenters. The van der Waals surface area contributed by atoms with Crippen molar-refractivity contribution in [2.45, 2.75) is 50.4 Å². The van der Waals surface area contributed by atoms with Crippen LogP contribution in [0.15, 0.2) is 0 Å². The minimum atomic E-state index is -0.332. The Morgan fingerprint density at radius 1 is 1.17 bits per heavy atom. The van der Waals surface area contributed by atoms with Gasteiger partial charge in [-0.25, -0.2) is 0 Å². The summed E-state index contributed by atoms with van der Waals surface area (Å²) in [7, 11) is 0. The zero-order valence-electron chi connectivity index (χ0n) is 11.8. The maximum Gasteiger partial charge on any atom is 0.168 e. The third kappa shape index (κ3) is 4.06. The first kappa shape index (κ1) is 15.0. The maximum atomic E-state index is 5.76. The third-order valence-electron chi connectivity index (χ3n) is 4.00. The molecule has 2 nitrogen and oxygen atoms in total. The van der Waals surface area contributed by atoms with Crippen LogP contribution in [0.25, 0.3) is 0 Å². The first-order valence-corrected chi connectivity index (χ1v) is 9.21. The fourth-order valence-electron chi connectivity index (χ4n) is 2.73. The first-order chi connectivity index (χ1) is 8.60. The summed E-state index contributed by atoms with van der Waals surface area (Å²) < 4.78 is 12.3. The van der Waals surface area contributed by atoms with Gasteiger partial charge in [-0.05, 0) is 43.6 Å². The molecule has 2 aliphatic rings. The molecule has 0 bridgehead atoms. The summed E-state index contributed by atoms with van der Waals surface area (Å²) in [6.45, 7) is 8.25. The normalized spacial score (nSPS) is 28.2. The van der Waals surface area contributed by atoms with Crippen molar-refractivity contribution in [1.82, 2.24) is 0 Å². The Morgan fingerprint density at radius 2 is 1.78 bits per heavy atom. The van der Waals surface area contributed by atoms with E-state index >= 15 is 0 Å². The van der Waals surface area contributed by atoms with Gasteiger partial charge in [-0.1, -0.05) is 13.8 Å². The first-order valence-electron chi connectivity index (χ1n) is 7.11. The zero-order valence-corrected chi connectivity index (χ0v) is 13.4. The predicted molar refractivity (Wildman–Crippen MR) is 81.2 cm³/mol. The molecule has 0 aromatic heterocycles. The molecular weight excluding hydrogens is 264 g/mol. The third-order valence-corrected chi connectivity index (χ3v) is 7.00. The van der Waals surface area contributed by atoms with E-state index in [4.69, 9.17) is 9.47 Å². The average molecular weight is 290 g/mol. The summed E-state index contributed by atoms with van der Waals surface area (Å²) >= 11 is 4.30. The molecule has 0 unspecified atom stereocenters. The van der Waals surface area contributed by atoms with Gasteiger partial charge < -0.3 is 9.47 Å². The van der Waals surface area contributed by atoms with Crippen molar-refractivity contribution < 1.29 is 9.47 Å². The smallest absolute Gasteiger partial charge is 0.168 e. The van der Waals surface area contributed by atoms with Crippen molar-refractivity contribution in [3.05, 3.63) is 0 Å². The molecule has 0 radical (unpaired) electrons. The molecule has 0 aliphatic carbocycles. The van der Waals surface area contributed by atoms with Gasteiger partial charge in [0.25, 0.3) is 0 Å². The van der Waals surface area contributed by atoms with Gasteiger partial charge >= 0.3 is 0 Å². The van der Waals surface area contributed by atoms with Crippen LogP contribution in [-0.2, 0) is 9.47 Å². The lowest BCUT2D eigenvalue weighted by Gasteiger charge is -2.32. The molecule has 0 N–H and O–H groups in total. The molecule has 2 aliphatic heterocycles. The van der Waals surface area contributed by atoms with Crippen LogP contribution in [0, 0.1) is 11.8 Å². The second-order valence-electron chi connectivity index (χ2n) is 5.72. The highest BCUT2D eigenvalue weighted by atomic mass is 32.2. The fourth-order valence-corrected chi connectivity index (χ4v) is 5.95. The Bertz CT molecular complexity index is 248. The molecule has 0 spiro atoms. The van der Waals surface area contributed by atoms with Gasteiger partial charge in [0.1, 0.15) is 0 Å². The average Bonchev–Trinajstić information content (AvgIpc) is 2.78. The van der Waals surface area contributed by atoms with Crippen molar-refractivity contribution in [3.8, 4) is 0 Å². The molecule has 2 heterocycles. The summed E-state index contributed by atoms with van der Waals surface area (Å²) in [5.41, 5.74) is 0. The molecule has 4 heteroatoms. The largest absolute Gasteiger partial charge is 0.348 e.